The number of thiophene rings is 1. The second kappa shape index (κ2) is 7.17. The second-order valence-electron chi connectivity index (χ2n) is 6.22. The summed E-state index contributed by atoms with van der Waals surface area (Å²) in [5.41, 5.74) is 2.98. The number of rotatable bonds is 5. The molecule has 4 rings (SSSR count). The van der Waals surface area contributed by atoms with Crippen molar-refractivity contribution in [2.75, 3.05) is 5.32 Å². The van der Waals surface area contributed by atoms with Gasteiger partial charge in [-0.2, -0.15) is 0 Å². The number of nitrogens with one attached hydrogen (secondary N) is 2. The van der Waals surface area contributed by atoms with E-state index in [1.54, 1.807) is 23.5 Å². The summed E-state index contributed by atoms with van der Waals surface area (Å²) in [6.45, 7) is 0.452. The first-order valence-electron chi connectivity index (χ1n) is 8.52. The van der Waals surface area contributed by atoms with Gasteiger partial charge in [-0.25, -0.2) is 0 Å². The minimum absolute atomic E-state index is 0.0281. The van der Waals surface area contributed by atoms with Crippen LogP contribution in [0, 0.1) is 0 Å². The quantitative estimate of drug-likeness (QED) is 0.717. The third-order valence-corrected chi connectivity index (χ3v) is 5.62. The highest BCUT2D eigenvalue weighted by Crippen LogP contribution is 2.30. The van der Waals surface area contributed by atoms with Crippen molar-refractivity contribution in [3.05, 3.63) is 75.4 Å². The van der Waals surface area contributed by atoms with E-state index in [1.165, 1.54) is 23.1 Å². The van der Waals surface area contributed by atoms with Gasteiger partial charge in [-0.05, 0) is 60.7 Å². The van der Waals surface area contributed by atoms with E-state index in [9.17, 15) is 9.59 Å². The highest BCUT2D eigenvalue weighted by atomic mass is 32.1. The van der Waals surface area contributed by atoms with Crippen LogP contribution < -0.4 is 10.6 Å². The van der Waals surface area contributed by atoms with Crippen molar-refractivity contribution >= 4 is 28.8 Å². The minimum Gasteiger partial charge on any atom is -0.459 e. The number of fused-ring (bicyclic) bond motifs is 1. The first kappa shape index (κ1) is 16.6. The molecule has 1 aliphatic carbocycles. The average Bonchev–Trinajstić information content (AvgIpc) is 3.37. The number of amides is 2. The van der Waals surface area contributed by atoms with E-state index in [1.807, 2.05) is 30.3 Å². The Morgan fingerprint density at radius 2 is 1.92 bits per heavy atom. The smallest absolute Gasteiger partial charge is 0.291 e. The molecule has 0 saturated heterocycles. The molecular formula is C20H18N2O3S. The molecule has 132 valence electrons. The lowest BCUT2D eigenvalue weighted by atomic mass is 10.2. The number of hydrogen-bond donors (Lipinski definition) is 2. The highest BCUT2D eigenvalue weighted by Gasteiger charge is 2.18. The Hall–Kier alpha value is -2.86. The fourth-order valence-corrected chi connectivity index (χ4v) is 4.19. The zero-order valence-corrected chi connectivity index (χ0v) is 14.9. The largest absolute Gasteiger partial charge is 0.459 e. The summed E-state index contributed by atoms with van der Waals surface area (Å²) in [5.74, 6) is -0.0504. The van der Waals surface area contributed by atoms with Gasteiger partial charge in [0.1, 0.15) is 0 Å². The van der Waals surface area contributed by atoms with Crippen LogP contribution in [0.3, 0.4) is 0 Å². The van der Waals surface area contributed by atoms with Gasteiger partial charge in [0.05, 0.1) is 11.1 Å². The minimum atomic E-state index is -0.290. The molecule has 6 heteroatoms. The van der Waals surface area contributed by atoms with Crippen LogP contribution in [0.5, 0.6) is 0 Å². The van der Waals surface area contributed by atoms with E-state index in [4.69, 9.17) is 4.42 Å². The van der Waals surface area contributed by atoms with E-state index in [2.05, 4.69) is 10.6 Å². The van der Waals surface area contributed by atoms with Crippen molar-refractivity contribution in [1.82, 2.24) is 5.32 Å². The van der Waals surface area contributed by atoms with Crippen molar-refractivity contribution in [3.8, 4) is 0 Å². The molecule has 0 atom stereocenters. The van der Waals surface area contributed by atoms with Crippen molar-refractivity contribution in [2.45, 2.75) is 25.8 Å². The van der Waals surface area contributed by atoms with E-state index in [0.717, 1.165) is 23.3 Å². The van der Waals surface area contributed by atoms with Gasteiger partial charge in [0.25, 0.3) is 11.8 Å². The lowest BCUT2D eigenvalue weighted by Crippen LogP contribution is -2.21. The predicted molar refractivity (Wildman–Crippen MR) is 101 cm³/mol. The van der Waals surface area contributed by atoms with Crippen LogP contribution in [-0.2, 0) is 19.4 Å². The molecule has 1 aromatic carbocycles. The van der Waals surface area contributed by atoms with Gasteiger partial charge in [-0.3, -0.25) is 9.59 Å². The Kier molecular flexibility index (Phi) is 4.58. The third kappa shape index (κ3) is 3.55. The van der Waals surface area contributed by atoms with Gasteiger partial charge in [0, 0.05) is 17.1 Å². The molecule has 2 N–H and O–H groups in total. The number of anilines is 1. The van der Waals surface area contributed by atoms with Crippen LogP contribution in [0.2, 0.25) is 0 Å². The Morgan fingerprint density at radius 3 is 2.65 bits per heavy atom. The molecule has 0 saturated carbocycles. The molecule has 2 aromatic heterocycles. The molecule has 1 aliphatic rings. The monoisotopic (exact) mass is 366 g/mol. The van der Waals surface area contributed by atoms with E-state index in [-0.39, 0.29) is 17.6 Å². The number of aryl methyl sites for hydroxylation is 2. The summed E-state index contributed by atoms with van der Waals surface area (Å²) in [6.07, 6.45) is 4.84. The van der Waals surface area contributed by atoms with Crippen molar-refractivity contribution in [3.63, 3.8) is 0 Å². The van der Waals surface area contributed by atoms with Gasteiger partial charge in [0.15, 0.2) is 5.76 Å². The third-order valence-electron chi connectivity index (χ3n) is 4.38. The summed E-state index contributed by atoms with van der Waals surface area (Å²) >= 11 is 1.60. The van der Waals surface area contributed by atoms with Crippen molar-refractivity contribution < 1.29 is 14.0 Å². The lowest BCUT2D eigenvalue weighted by Gasteiger charge is -2.07. The standard InChI is InChI=1S/C20H18N2O3S/c23-19(16-4-2-10-25-16)22-15-8-6-13(7-9-15)12-21-20(24)18-11-14-3-1-5-17(14)26-18/h2,4,6-11H,1,3,5,12H2,(H,21,24)(H,22,23). The van der Waals surface area contributed by atoms with Crippen LogP contribution in [0.4, 0.5) is 5.69 Å². The summed E-state index contributed by atoms with van der Waals surface area (Å²) < 4.78 is 5.06. The zero-order valence-electron chi connectivity index (χ0n) is 14.1. The molecule has 0 aliphatic heterocycles. The van der Waals surface area contributed by atoms with E-state index < -0.39 is 0 Å². The number of hydrogen-bond acceptors (Lipinski definition) is 4. The van der Waals surface area contributed by atoms with Crippen LogP contribution in [-0.4, -0.2) is 11.8 Å². The molecule has 26 heavy (non-hydrogen) atoms. The molecule has 0 radical (unpaired) electrons. The fraction of sp³-hybridized carbons (Fsp3) is 0.200. The SMILES string of the molecule is O=C(Nc1ccc(CNC(=O)c2cc3c(s2)CCC3)cc1)c1ccco1. The maximum absolute atomic E-state index is 12.3. The van der Waals surface area contributed by atoms with Gasteiger partial charge < -0.3 is 15.1 Å². The second-order valence-corrected chi connectivity index (χ2v) is 7.36. The van der Waals surface area contributed by atoms with Gasteiger partial charge in [-0.15, -0.1) is 11.3 Å². The predicted octanol–water partition coefficient (Wildman–Crippen LogP) is 4.01. The van der Waals surface area contributed by atoms with Crippen LogP contribution in [0.1, 0.15) is 42.7 Å². The molecule has 0 bridgehead atoms. The molecule has 0 fully saturated rings. The first-order chi connectivity index (χ1) is 12.7. The van der Waals surface area contributed by atoms with Gasteiger partial charge in [-0.1, -0.05) is 12.1 Å². The highest BCUT2D eigenvalue weighted by molar-refractivity contribution is 7.14. The first-order valence-corrected chi connectivity index (χ1v) is 9.34. The summed E-state index contributed by atoms with van der Waals surface area (Å²) in [7, 11) is 0. The number of carbonyl (C=O) groups is 2. The average molecular weight is 366 g/mol. The van der Waals surface area contributed by atoms with Gasteiger partial charge >= 0.3 is 0 Å². The maximum Gasteiger partial charge on any atom is 0.291 e. The van der Waals surface area contributed by atoms with Crippen molar-refractivity contribution in [1.29, 1.82) is 0 Å². The Labute approximate surface area is 155 Å². The molecular weight excluding hydrogens is 348 g/mol. The van der Waals surface area contributed by atoms with E-state index in [0.29, 0.717) is 12.2 Å². The van der Waals surface area contributed by atoms with Crippen molar-refractivity contribution in [2.24, 2.45) is 0 Å². The van der Waals surface area contributed by atoms with Crippen LogP contribution in [0.25, 0.3) is 0 Å². The molecule has 3 aromatic rings. The Balaban J connectivity index is 1.32. The Morgan fingerprint density at radius 1 is 1.08 bits per heavy atom. The molecule has 0 spiro atoms. The summed E-state index contributed by atoms with van der Waals surface area (Å²) in [6, 6.07) is 12.7. The maximum atomic E-state index is 12.3. The topological polar surface area (TPSA) is 71.3 Å². The normalized spacial score (nSPS) is 12.6. The number of carbonyl (C=O) groups excluding carboxylic acids is 2. The van der Waals surface area contributed by atoms with Crippen LogP contribution >= 0.6 is 11.3 Å². The van der Waals surface area contributed by atoms with E-state index >= 15 is 0 Å². The molecule has 2 amide bonds. The zero-order chi connectivity index (χ0) is 17.9. The summed E-state index contributed by atoms with van der Waals surface area (Å²) in [4.78, 5) is 26.4. The molecule has 0 unspecified atom stereocenters. The lowest BCUT2D eigenvalue weighted by molar-refractivity contribution is 0.0953. The summed E-state index contributed by atoms with van der Waals surface area (Å²) in [5, 5.41) is 5.72. The number of furan rings is 1. The molecule has 5 nitrogen and oxygen atoms in total. The number of benzene rings is 1. The fourth-order valence-electron chi connectivity index (χ4n) is 3.02. The Bertz CT molecular complexity index is 905. The van der Waals surface area contributed by atoms with Gasteiger partial charge in [0.2, 0.25) is 0 Å². The molecule has 2 heterocycles. The van der Waals surface area contributed by atoms with Crippen LogP contribution in [0.15, 0.2) is 53.1 Å².